The van der Waals surface area contributed by atoms with Gasteiger partial charge in [-0.1, -0.05) is 42.5 Å². The Bertz CT molecular complexity index is 1100. The fraction of sp³-hybridized carbons (Fsp3) is 0.182. The van der Waals surface area contributed by atoms with Crippen molar-refractivity contribution in [2.45, 2.75) is 6.42 Å². The summed E-state index contributed by atoms with van der Waals surface area (Å²) < 4.78 is 4.80. The highest BCUT2D eigenvalue weighted by molar-refractivity contribution is 7.14. The Kier molecular flexibility index (Phi) is 5.58. The SMILES string of the molecule is COC(=O)c1ccccc1N1CC(C(=O)Nc2nc(-c3ccccc3)cs2)CC1=O. The summed E-state index contributed by atoms with van der Waals surface area (Å²) in [5.41, 5.74) is 2.50. The first kappa shape index (κ1) is 19.8. The van der Waals surface area contributed by atoms with Crippen molar-refractivity contribution in [2.24, 2.45) is 5.92 Å². The molecule has 1 aromatic heterocycles. The van der Waals surface area contributed by atoms with E-state index in [1.165, 1.54) is 23.3 Å². The van der Waals surface area contributed by atoms with Crippen LogP contribution in [0.5, 0.6) is 0 Å². The molecule has 1 unspecified atom stereocenters. The van der Waals surface area contributed by atoms with Gasteiger partial charge in [-0.25, -0.2) is 9.78 Å². The number of hydrogen-bond acceptors (Lipinski definition) is 6. The zero-order chi connectivity index (χ0) is 21.1. The van der Waals surface area contributed by atoms with Gasteiger partial charge in [-0.3, -0.25) is 9.59 Å². The molecule has 4 rings (SSSR count). The number of amides is 2. The summed E-state index contributed by atoms with van der Waals surface area (Å²) in [5.74, 6) is -1.54. The predicted octanol–water partition coefficient (Wildman–Crippen LogP) is 3.59. The van der Waals surface area contributed by atoms with E-state index in [4.69, 9.17) is 4.74 Å². The monoisotopic (exact) mass is 421 g/mol. The second kappa shape index (κ2) is 8.46. The summed E-state index contributed by atoms with van der Waals surface area (Å²) in [6.45, 7) is 0.190. The van der Waals surface area contributed by atoms with Gasteiger partial charge >= 0.3 is 5.97 Å². The van der Waals surface area contributed by atoms with E-state index in [-0.39, 0.29) is 24.8 Å². The zero-order valence-corrected chi connectivity index (χ0v) is 17.0. The highest BCUT2D eigenvalue weighted by atomic mass is 32.1. The summed E-state index contributed by atoms with van der Waals surface area (Å²) in [7, 11) is 1.29. The smallest absolute Gasteiger partial charge is 0.339 e. The van der Waals surface area contributed by atoms with E-state index in [2.05, 4.69) is 10.3 Å². The third kappa shape index (κ3) is 3.95. The molecule has 0 spiro atoms. The molecular weight excluding hydrogens is 402 g/mol. The van der Waals surface area contributed by atoms with E-state index in [1.807, 2.05) is 35.7 Å². The van der Waals surface area contributed by atoms with E-state index < -0.39 is 11.9 Å². The Morgan fingerprint density at radius 2 is 1.87 bits per heavy atom. The molecule has 30 heavy (non-hydrogen) atoms. The van der Waals surface area contributed by atoms with Crippen molar-refractivity contribution in [2.75, 3.05) is 23.9 Å². The summed E-state index contributed by atoms with van der Waals surface area (Å²) in [6, 6.07) is 16.4. The molecule has 0 aliphatic carbocycles. The maximum absolute atomic E-state index is 12.7. The van der Waals surface area contributed by atoms with E-state index in [0.717, 1.165) is 11.3 Å². The van der Waals surface area contributed by atoms with Gasteiger partial charge in [-0.05, 0) is 12.1 Å². The minimum absolute atomic E-state index is 0.0677. The molecule has 152 valence electrons. The van der Waals surface area contributed by atoms with Gasteiger partial charge < -0.3 is 15.0 Å². The number of benzene rings is 2. The molecule has 0 saturated carbocycles. The topological polar surface area (TPSA) is 88.6 Å². The van der Waals surface area contributed by atoms with Crippen LogP contribution in [0.15, 0.2) is 60.0 Å². The standard InChI is InChI=1S/C22H19N3O4S/c1-29-21(28)16-9-5-6-10-18(16)25-12-15(11-19(25)26)20(27)24-22-23-17(13-30-22)14-7-3-2-4-8-14/h2-10,13,15H,11-12H2,1H3,(H,23,24,27). The lowest BCUT2D eigenvalue weighted by Gasteiger charge is -2.19. The van der Waals surface area contributed by atoms with Gasteiger partial charge in [-0.2, -0.15) is 0 Å². The Hall–Kier alpha value is -3.52. The maximum atomic E-state index is 12.7. The Balaban J connectivity index is 1.47. The number of nitrogens with one attached hydrogen (secondary N) is 1. The van der Waals surface area contributed by atoms with Gasteiger partial charge in [0.25, 0.3) is 0 Å². The Morgan fingerprint density at radius 1 is 1.13 bits per heavy atom. The fourth-order valence-corrected chi connectivity index (χ4v) is 4.11. The first-order valence-corrected chi connectivity index (χ1v) is 10.2. The van der Waals surface area contributed by atoms with E-state index in [1.54, 1.807) is 24.3 Å². The van der Waals surface area contributed by atoms with Gasteiger partial charge in [0.15, 0.2) is 5.13 Å². The van der Waals surface area contributed by atoms with Crippen molar-refractivity contribution in [1.29, 1.82) is 0 Å². The largest absolute Gasteiger partial charge is 0.465 e. The highest BCUT2D eigenvalue weighted by Gasteiger charge is 2.37. The van der Waals surface area contributed by atoms with Crippen molar-refractivity contribution in [3.63, 3.8) is 0 Å². The molecule has 0 radical (unpaired) electrons. The first-order chi connectivity index (χ1) is 14.6. The number of anilines is 2. The molecule has 1 aliphatic heterocycles. The molecule has 1 N–H and O–H groups in total. The molecule has 7 nitrogen and oxygen atoms in total. The predicted molar refractivity (Wildman–Crippen MR) is 114 cm³/mol. The van der Waals surface area contributed by atoms with Crippen LogP contribution in [-0.4, -0.2) is 36.4 Å². The van der Waals surface area contributed by atoms with Crippen LogP contribution < -0.4 is 10.2 Å². The lowest BCUT2D eigenvalue weighted by atomic mass is 10.1. The molecule has 2 aromatic carbocycles. The van der Waals surface area contributed by atoms with Crippen LogP contribution in [0.1, 0.15) is 16.8 Å². The number of ether oxygens (including phenoxy) is 1. The summed E-state index contributed by atoms with van der Waals surface area (Å²) in [5, 5.41) is 5.18. The number of para-hydroxylation sites is 1. The lowest BCUT2D eigenvalue weighted by Crippen LogP contribution is -2.29. The van der Waals surface area contributed by atoms with Crippen molar-refractivity contribution in [3.8, 4) is 11.3 Å². The minimum atomic E-state index is -0.535. The van der Waals surface area contributed by atoms with Gasteiger partial charge in [0, 0.05) is 23.9 Å². The van der Waals surface area contributed by atoms with Crippen LogP contribution in [-0.2, 0) is 14.3 Å². The van der Waals surface area contributed by atoms with Crippen LogP contribution in [0.2, 0.25) is 0 Å². The van der Waals surface area contributed by atoms with Crippen LogP contribution in [0.25, 0.3) is 11.3 Å². The van der Waals surface area contributed by atoms with Crippen molar-refractivity contribution in [1.82, 2.24) is 4.98 Å². The summed E-state index contributed by atoms with van der Waals surface area (Å²) in [4.78, 5) is 43.3. The van der Waals surface area contributed by atoms with Crippen LogP contribution >= 0.6 is 11.3 Å². The molecule has 1 fully saturated rings. The first-order valence-electron chi connectivity index (χ1n) is 9.36. The molecule has 1 atom stereocenters. The minimum Gasteiger partial charge on any atom is -0.465 e. The molecule has 1 aliphatic rings. The number of hydrogen-bond donors (Lipinski definition) is 1. The van der Waals surface area contributed by atoms with Gasteiger partial charge in [0.2, 0.25) is 11.8 Å². The van der Waals surface area contributed by atoms with E-state index >= 15 is 0 Å². The van der Waals surface area contributed by atoms with Crippen molar-refractivity contribution in [3.05, 3.63) is 65.5 Å². The van der Waals surface area contributed by atoms with Crippen molar-refractivity contribution < 1.29 is 19.1 Å². The molecule has 2 amide bonds. The maximum Gasteiger partial charge on any atom is 0.339 e. The second-order valence-corrected chi connectivity index (χ2v) is 7.67. The van der Waals surface area contributed by atoms with Crippen LogP contribution in [0.3, 0.4) is 0 Å². The molecule has 2 heterocycles. The van der Waals surface area contributed by atoms with Crippen LogP contribution in [0.4, 0.5) is 10.8 Å². The zero-order valence-electron chi connectivity index (χ0n) is 16.2. The summed E-state index contributed by atoms with van der Waals surface area (Å²) >= 11 is 1.34. The number of carbonyl (C=O) groups is 3. The third-order valence-electron chi connectivity index (χ3n) is 4.90. The average Bonchev–Trinajstić information content (AvgIpc) is 3.40. The second-order valence-electron chi connectivity index (χ2n) is 6.81. The lowest BCUT2D eigenvalue weighted by molar-refractivity contribution is -0.122. The molecule has 8 heteroatoms. The number of aromatic nitrogens is 1. The van der Waals surface area contributed by atoms with Crippen molar-refractivity contribution >= 4 is 39.9 Å². The van der Waals surface area contributed by atoms with Crippen LogP contribution in [0, 0.1) is 5.92 Å². The molecule has 3 aromatic rings. The molecule has 0 bridgehead atoms. The van der Waals surface area contributed by atoms with E-state index in [9.17, 15) is 14.4 Å². The summed E-state index contributed by atoms with van der Waals surface area (Å²) in [6.07, 6.45) is 0.0677. The molecular formula is C22H19N3O4S. The number of carbonyl (C=O) groups excluding carboxylic acids is 3. The Morgan fingerprint density at radius 3 is 2.63 bits per heavy atom. The number of methoxy groups -OCH3 is 1. The Labute approximate surface area is 177 Å². The van der Waals surface area contributed by atoms with Gasteiger partial charge in [0.05, 0.1) is 30.0 Å². The highest BCUT2D eigenvalue weighted by Crippen LogP contribution is 2.30. The quantitative estimate of drug-likeness (QED) is 0.636. The number of thiazole rings is 1. The molecule has 1 saturated heterocycles. The fourth-order valence-electron chi connectivity index (χ4n) is 3.39. The average molecular weight is 421 g/mol. The van der Waals surface area contributed by atoms with Gasteiger partial charge in [-0.15, -0.1) is 11.3 Å². The third-order valence-corrected chi connectivity index (χ3v) is 5.66. The van der Waals surface area contributed by atoms with E-state index in [0.29, 0.717) is 16.4 Å². The van der Waals surface area contributed by atoms with Gasteiger partial charge in [0.1, 0.15) is 0 Å². The normalized spacial score (nSPS) is 15.8. The number of esters is 1. The number of nitrogens with zero attached hydrogens (tertiary/aromatic N) is 2. The number of rotatable bonds is 5.